The summed E-state index contributed by atoms with van der Waals surface area (Å²) in [5.74, 6) is -2.77. The number of aryl methyl sites for hydroxylation is 2. The van der Waals surface area contributed by atoms with Gasteiger partial charge >= 0.3 is 12.1 Å². The summed E-state index contributed by atoms with van der Waals surface area (Å²) in [4.78, 5) is 21.1. The van der Waals surface area contributed by atoms with Crippen LogP contribution in [-0.4, -0.2) is 67.0 Å². The molecule has 0 aliphatic heterocycles. The maximum absolute atomic E-state index is 15.1. The van der Waals surface area contributed by atoms with Gasteiger partial charge in [-0.3, -0.25) is 9.78 Å². The number of hydrogen-bond donors (Lipinski definition) is 3. The number of aliphatic hydroxyl groups is 1. The smallest absolute Gasteiger partial charge is 0.459 e. The van der Waals surface area contributed by atoms with E-state index in [0.29, 0.717) is 29.0 Å². The van der Waals surface area contributed by atoms with Gasteiger partial charge in [-0.25, -0.2) is 14.2 Å². The van der Waals surface area contributed by atoms with Gasteiger partial charge in [-0.2, -0.15) is 28.4 Å². The topological polar surface area (TPSA) is 134 Å². The third-order valence-corrected chi connectivity index (χ3v) is 6.44. The van der Waals surface area contributed by atoms with Crippen LogP contribution in [0.2, 0.25) is 0 Å². The standard InChI is InChI=1S/C27H26F4N8O3/c1-16-18-8-7-17(13-23(18)39(37-16)10-4-12-42-25(41)27(29,30)31)34-26-32-15-20(28)24(35-26)38(9-3-11-40)22-6-2-5-21-19(22)14-33-36-21/h2,5-8,13-15,40H,3-4,9-12H2,1H3,(H,33,36)(H,32,34,35). The van der Waals surface area contributed by atoms with Crippen LogP contribution in [0.15, 0.2) is 48.8 Å². The van der Waals surface area contributed by atoms with Crippen LogP contribution in [0.5, 0.6) is 0 Å². The number of nitrogens with one attached hydrogen (secondary N) is 2. The lowest BCUT2D eigenvalue weighted by Crippen LogP contribution is -2.26. The van der Waals surface area contributed by atoms with Crippen LogP contribution in [0.25, 0.3) is 21.8 Å². The Labute approximate surface area is 236 Å². The van der Waals surface area contributed by atoms with Crippen LogP contribution in [0.4, 0.5) is 40.7 Å². The van der Waals surface area contributed by atoms with Gasteiger partial charge in [0.2, 0.25) is 5.95 Å². The monoisotopic (exact) mass is 586 g/mol. The molecule has 5 rings (SSSR count). The molecule has 0 fully saturated rings. The largest absolute Gasteiger partial charge is 0.490 e. The number of carbonyl (C=O) groups excluding carboxylic acids is 1. The zero-order valence-corrected chi connectivity index (χ0v) is 22.3. The van der Waals surface area contributed by atoms with Crippen LogP contribution >= 0.6 is 0 Å². The number of alkyl halides is 3. The summed E-state index contributed by atoms with van der Waals surface area (Å²) in [5, 5.41) is 25.5. The van der Waals surface area contributed by atoms with Crippen molar-refractivity contribution in [3.05, 3.63) is 60.3 Å². The van der Waals surface area contributed by atoms with Gasteiger partial charge in [0, 0.05) is 42.6 Å². The van der Waals surface area contributed by atoms with Crippen molar-refractivity contribution < 1.29 is 32.2 Å². The Morgan fingerprint density at radius 1 is 1.17 bits per heavy atom. The summed E-state index contributed by atoms with van der Waals surface area (Å²) in [6, 6.07) is 10.8. The summed E-state index contributed by atoms with van der Waals surface area (Å²) >= 11 is 0. The number of fused-ring (bicyclic) bond motifs is 2. The van der Waals surface area contributed by atoms with E-state index in [1.807, 2.05) is 18.2 Å². The van der Waals surface area contributed by atoms with Crippen molar-refractivity contribution in [2.75, 3.05) is 30.0 Å². The van der Waals surface area contributed by atoms with Gasteiger partial charge in [0.05, 0.1) is 41.4 Å². The van der Waals surface area contributed by atoms with Gasteiger partial charge in [0.25, 0.3) is 0 Å². The van der Waals surface area contributed by atoms with E-state index in [0.717, 1.165) is 22.5 Å². The minimum atomic E-state index is -5.04. The summed E-state index contributed by atoms with van der Waals surface area (Å²) in [5.41, 5.74) is 3.35. The normalized spacial score (nSPS) is 11.8. The second-order valence-corrected chi connectivity index (χ2v) is 9.36. The van der Waals surface area contributed by atoms with Gasteiger partial charge in [0.15, 0.2) is 11.6 Å². The summed E-state index contributed by atoms with van der Waals surface area (Å²) in [7, 11) is 0. The number of H-pyrrole nitrogens is 1. The highest BCUT2D eigenvalue weighted by atomic mass is 19.4. The highest BCUT2D eigenvalue weighted by Gasteiger charge is 2.40. The molecule has 11 nitrogen and oxygen atoms in total. The van der Waals surface area contributed by atoms with E-state index in [1.165, 1.54) is 0 Å². The Morgan fingerprint density at radius 2 is 2.00 bits per heavy atom. The van der Waals surface area contributed by atoms with Crippen LogP contribution in [0, 0.1) is 12.7 Å². The van der Waals surface area contributed by atoms with E-state index in [1.54, 1.807) is 40.9 Å². The first kappa shape index (κ1) is 28.7. The van der Waals surface area contributed by atoms with Crippen molar-refractivity contribution in [1.82, 2.24) is 29.9 Å². The van der Waals surface area contributed by atoms with Gasteiger partial charge in [-0.1, -0.05) is 6.07 Å². The molecule has 0 amide bonds. The first-order valence-electron chi connectivity index (χ1n) is 13.0. The molecular formula is C27H26F4N8O3. The molecule has 3 aromatic heterocycles. The molecule has 42 heavy (non-hydrogen) atoms. The van der Waals surface area contributed by atoms with Crippen molar-refractivity contribution in [3.63, 3.8) is 0 Å². The Balaban J connectivity index is 1.39. The minimum absolute atomic E-state index is 0.00465. The van der Waals surface area contributed by atoms with E-state index in [4.69, 9.17) is 0 Å². The predicted octanol–water partition coefficient (Wildman–Crippen LogP) is 4.91. The molecule has 2 aromatic carbocycles. The molecule has 0 spiro atoms. The van der Waals surface area contributed by atoms with Crippen molar-refractivity contribution >= 4 is 50.9 Å². The van der Waals surface area contributed by atoms with E-state index in [9.17, 15) is 23.1 Å². The highest BCUT2D eigenvalue weighted by Crippen LogP contribution is 2.33. The molecule has 0 aliphatic carbocycles. The number of esters is 1. The quantitative estimate of drug-likeness (QED) is 0.112. The molecule has 220 valence electrons. The zero-order valence-electron chi connectivity index (χ0n) is 22.3. The first-order valence-corrected chi connectivity index (χ1v) is 13.0. The average Bonchev–Trinajstić information content (AvgIpc) is 3.57. The van der Waals surface area contributed by atoms with Crippen LogP contribution in [-0.2, 0) is 16.1 Å². The number of hydrogen-bond acceptors (Lipinski definition) is 9. The Kier molecular flexibility index (Phi) is 8.20. The number of carbonyl (C=O) groups is 1. The van der Waals surface area contributed by atoms with Gasteiger partial charge < -0.3 is 20.1 Å². The molecule has 15 heteroatoms. The number of aromatic amines is 1. The number of anilines is 4. The fraction of sp³-hybridized carbons (Fsp3) is 0.296. The molecule has 0 saturated carbocycles. The number of aliphatic hydroxyl groups excluding tert-OH is 1. The molecule has 0 bridgehead atoms. The molecule has 0 radical (unpaired) electrons. The zero-order chi connectivity index (χ0) is 29.9. The van der Waals surface area contributed by atoms with Gasteiger partial charge in [-0.15, -0.1) is 0 Å². The number of nitrogens with zero attached hydrogens (tertiary/aromatic N) is 6. The molecule has 3 N–H and O–H groups in total. The third kappa shape index (κ3) is 6.10. The SMILES string of the molecule is Cc1nn(CCCOC(=O)C(F)(F)F)c2cc(Nc3ncc(F)c(N(CCCO)c4cccc5[nH]ncc45)n3)ccc12. The fourth-order valence-electron chi connectivity index (χ4n) is 4.54. The predicted molar refractivity (Wildman–Crippen MR) is 146 cm³/mol. The number of ether oxygens (including phenoxy) is 1. The summed E-state index contributed by atoms with van der Waals surface area (Å²) < 4.78 is 58.1. The van der Waals surface area contributed by atoms with Crippen molar-refractivity contribution in [1.29, 1.82) is 0 Å². The van der Waals surface area contributed by atoms with E-state index < -0.39 is 24.6 Å². The van der Waals surface area contributed by atoms with Gasteiger partial charge in [-0.05, 0) is 43.7 Å². The maximum Gasteiger partial charge on any atom is 0.490 e. The lowest BCUT2D eigenvalue weighted by atomic mass is 10.2. The maximum atomic E-state index is 15.1. The van der Waals surface area contributed by atoms with Crippen LogP contribution < -0.4 is 10.2 Å². The molecule has 3 heterocycles. The Bertz CT molecular complexity index is 1720. The summed E-state index contributed by atoms with van der Waals surface area (Å²) in [6.07, 6.45) is -1.87. The molecule has 0 aliphatic rings. The molecule has 5 aromatic rings. The minimum Gasteiger partial charge on any atom is -0.459 e. The van der Waals surface area contributed by atoms with Crippen molar-refractivity contribution in [2.24, 2.45) is 0 Å². The number of aromatic nitrogens is 6. The fourth-order valence-corrected chi connectivity index (χ4v) is 4.54. The molecule has 0 unspecified atom stereocenters. The Morgan fingerprint density at radius 3 is 2.79 bits per heavy atom. The second kappa shape index (κ2) is 12.0. The molecule has 0 saturated heterocycles. The van der Waals surface area contributed by atoms with E-state index >= 15 is 4.39 Å². The Hall–Kier alpha value is -4.79. The molecule has 0 atom stereocenters. The van der Waals surface area contributed by atoms with E-state index in [2.05, 4.69) is 35.3 Å². The first-order chi connectivity index (χ1) is 20.2. The van der Waals surface area contributed by atoms with Crippen LogP contribution in [0.1, 0.15) is 18.5 Å². The number of rotatable bonds is 11. The van der Waals surface area contributed by atoms with Crippen molar-refractivity contribution in [2.45, 2.75) is 32.5 Å². The number of benzene rings is 2. The number of halogens is 4. The lowest BCUT2D eigenvalue weighted by Gasteiger charge is -2.25. The second-order valence-electron chi connectivity index (χ2n) is 9.36. The average molecular weight is 587 g/mol. The lowest BCUT2D eigenvalue weighted by molar-refractivity contribution is -0.199. The van der Waals surface area contributed by atoms with Crippen LogP contribution in [0.3, 0.4) is 0 Å². The van der Waals surface area contributed by atoms with Crippen molar-refractivity contribution in [3.8, 4) is 0 Å². The third-order valence-electron chi connectivity index (χ3n) is 6.44. The highest BCUT2D eigenvalue weighted by molar-refractivity contribution is 5.93. The molecular weight excluding hydrogens is 560 g/mol. The van der Waals surface area contributed by atoms with E-state index in [-0.39, 0.29) is 37.9 Å². The summed E-state index contributed by atoms with van der Waals surface area (Å²) in [6.45, 7) is 1.76. The van der Waals surface area contributed by atoms with Gasteiger partial charge in [0.1, 0.15) is 0 Å².